The van der Waals surface area contributed by atoms with Gasteiger partial charge in [-0.25, -0.2) is 4.39 Å². The van der Waals surface area contributed by atoms with Gasteiger partial charge in [-0.15, -0.1) is 0 Å². The summed E-state index contributed by atoms with van der Waals surface area (Å²) in [5.74, 6) is 7.43. The summed E-state index contributed by atoms with van der Waals surface area (Å²) < 4.78 is 12.5. The number of allylic oxidation sites excluding steroid dienone is 4. The quantitative estimate of drug-likeness (QED) is 0.159. The largest absolute Gasteiger partial charge is 0.353 e. The minimum Gasteiger partial charge on any atom is -0.353 e. The molecule has 0 bridgehead atoms. The first kappa shape index (κ1) is 20.9. The Morgan fingerprint density at radius 3 is 2.69 bits per heavy atom. The molecule has 2 fully saturated rings. The van der Waals surface area contributed by atoms with Crippen LogP contribution in [0.2, 0.25) is 0 Å². The molecule has 0 aromatic carbocycles. The zero-order chi connectivity index (χ0) is 18.8. The third kappa shape index (κ3) is 6.42. The Labute approximate surface area is 159 Å². The molecule has 0 amide bonds. The van der Waals surface area contributed by atoms with E-state index in [9.17, 15) is 4.39 Å². The monoisotopic (exact) mass is 364 g/mol. The second-order valence-corrected chi connectivity index (χ2v) is 7.55. The minimum atomic E-state index is -0.364. The van der Waals surface area contributed by atoms with Gasteiger partial charge in [0.2, 0.25) is 0 Å². The van der Waals surface area contributed by atoms with E-state index in [0.29, 0.717) is 12.0 Å². The maximum Gasteiger partial charge on any atom is 0.127 e. The van der Waals surface area contributed by atoms with Crippen LogP contribution >= 0.6 is 0 Å². The van der Waals surface area contributed by atoms with Gasteiger partial charge in [-0.2, -0.15) is 5.10 Å². The van der Waals surface area contributed by atoms with E-state index < -0.39 is 0 Å². The molecule has 26 heavy (non-hydrogen) atoms. The molecule has 0 radical (unpaired) electrons. The molecule has 0 aromatic heterocycles. The summed E-state index contributed by atoms with van der Waals surface area (Å²) in [5.41, 5.74) is 1.13. The summed E-state index contributed by atoms with van der Waals surface area (Å²) in [5, 5.41) is 4.11. The van der Waals surface area contributed by atoms with Crippen molar-refractivity contribution in [2.24, 2.45) is 16.9 Å². The highest BCUT2D eigenvalue weighted by molar-refractivity contribution is 5.86. The van der Waals surface area contributed by atoms with E-state index in [1.165, 1.54) is 12.8 Å². The van der Waals surface area contributed by atoms with Crippen LogP contribution in [0.3, 0.4) is 0 Å². The number of rotatable bonds is 10. The van der Waals surface area contributed by atoms with E-state index in [2.05, 4.69) is 40.9 Å². The van der Waals surface area contributed by atoms with Gasteiger partial charge in [-0.3, -0.25) is 4.90 Å². The van der Waals surface area contributed by atoms with Gasteiger partial charge in [0.25, 0.3) is 0 Å². The molecule has 0 spiro atoms. The van der Waals surface area contributed by atoms with Crippen molar-refractivity contribution in [3.63, 3.8) is 0 Å². The fourth-order valence-electron chi connectivity index (χ4n) is 3.84. The number of hydrogen-bond donors (Lipinski definition) is 1. The van der Waals surface area contributed by atoms with Gasteiger partial charge in [0.05, 0.1) is 0 Å². The molecule has 5 heteroatoms. The summed E-state index contributed by atoms with van der Waals surface area (Å²) in [6.45, 7) is 8.40. The van der Waals surface area contributed by atoms with Crippen LogP contribution in [-0.4, -0.2) is 54.5 Å². The molecule has 2 N–H and O–H groups in total. The molecule has 148 valence electrons. The predicted molar refractivity (Wildman–Crippen MR) is 109 cm³/mol. The third-order valence-corrected chi connectivity index (χ3v) is 5.46. The number of piperazine rings is 1. The summed E-state index contributed by atoms with van der Waals surface area (Å²) >= 11 is 0. The van der Waals surface area contributed by atoms with Crippen LogP contribution in [0.25, 0.3) is 0 Å². The number of hydrogen-bond acceptors (Lipinski definition) is 3. The number of halogens is 1. The van der Waals surface area contributed by atoms with Crippen molar-refractivity contribution < 1.29 is 4.39 Å². The summed E-state index contributed by atoms with van der Waals surface area (Å²) in [7, 11) is 0. The number of nitrogens with zero attached hydrogens (tertiary/aromatic N) is 3. The number of nitrogens with two attached hydrogens (primary N) is 1. The molecule has 1 saturated carbocycles. The third-order valence-electron chi connectivity index (χ3n) is 5.46. The number of hydrazone groups is 1. The number of amidine groups is 1. The molecule has 4 nitrogen and oxygen atoms in total. The zero-order valence-electron chi connectivity index (χ0n) is 16.7. The normalized spacial score (nSPS) is 23.2. The van der Waals surface area contributed by atoms with Crippen molar-refractivity contribution in [1.82, 2.24) is 9.80 Å². The molecule has 1 aliphatic carbocycles. The molecule has 1 atom stereocenters. The highest BCUT2D eigenvalue weighted by Gasteiger charge is 2.36. The maximum absolute atomic E-state index is 12.5. The zero-order valence-corrected chi connectivity index (χ0v) is 16.7. The van der Waals surface area contributed by atoms with Gasteiger partial charge >= 0.3 is 0 Å². The van der Waals surface area contributed by atoms with Crippen molar-refractivity contribution in [1.29, 1.82) is 0 Å². The van der Waals surface area contributed by atoms with E-state index >= 15 is 0 Å². The van der Waals surface area contributed by atoms with Crippen LogP contribution in [-0.2, 0) is 0 Å². The van der Waals surface area contributed by atoms with Gasteiger partial charge in [0.1, 0.15) is 12.5 Å². The second kappa shape index (κ2) is 11.4. The Kier molecular flexibility index (Phi) is 9.16. The van der Waals surface area contributed by atoms with E-state index in [4.69, 9.17) is 5.84 Å². The van der Waals surface area contributed by atoms with Gasteiger partial charge in [-0.05, 0) is 50.6 Å². The average molecular weight is 365 g/mol. The molecule has 1 heterocycles. The van der Waals surface area contributed by atoms with Crippen molar-refractivity contribution in [2.75, 3.05) is 32.9 Å². The van der Waals surface area contributed by atoms with E-state index in [-0.39, 0.29) is 6.67 Å². The fourth-order valence-corrected chi connectivity index (χ4v) is 3.84. The highest BCUT2D eigenvalue weighted by atomic mass is 19.1. The fraction of sp³-hybridized carbons (Fsp3) is 0.762. The first-order chi connectivity index (χ1) is 12.7. The molecule has 1 unspecified atom stereocenters. The lowest BCUT2D eigenvalue weighted by Gasteiger charge is -2.42. The Hall–Kier alpha value is -1.36. The summed E-state index contributed by atoms with van der Waals surface area (Å²) in [6, 6.07) is 0.533. The molecule has 2 aliphatic rings. The number of unbranched alkanes of at least 4 members (excludes halogenated alkanes) is 1. The van der Waals surface area contributed by atoms with Crippen LogP contribution < -0.4 is 5.84 Å². The van der Waals surface area contributed by atoms with Crippen LogP contribution in [0.1, 0.15) is 58.8 Å². The van der Waals surface area contributed by atoms with Crippen molar-refractivity contribution in [3.8, 4) is 0 Å². The Morgan fingerprint density at radius 1 is 1.27 bits per heavy atom. The van der Waals surface area contributed by atoms with Gasteiger partial charge in [0.15, 0.2) is 0 Å². The van der Waals surface area contributed by atoms with E-state index in [1.54, 1.807) is 6.08 Å². The Balaban J connectivity index is 1.73. The second-order valence-electron chi connectivity index (χ2n) is 7.55. The summed E-state index contributed by atoms with van der Waals surface area (Å²) in [6.07, 6.45) is 13.9. The van der Waals surface area contributed by atoms with Crippen LogP contribution in [0.4, 0.5) is 4.39 Å². The molecule has 2 rings (SSSR count). The Morgan fingerprint density at radius 2 is 2.08 bits per heavy atom. The number of alkyl halides is 1. The van der Waals surface area contributed by atoms with Crippen LogP contribution in [0, 0.1) is 5.92 Å². The van der Waals surface area contributed by atoms with E-state index in [0.717, 1.165) is 69.7 Å². The smallest absolute Gasteiger partial charge is 0.127 e. The molecule has 0 aromatic rings. The van der Waals surface area contributed by atoms with Crippen LogP contribution in [0.5, 0.6) is 0 Å². The topological polar surface area (TPSA) is 44.9 Å². The first-order valence-corrected chi connectivity index (χ1v) is 10.4. The van der Waals surface area contributed by atoms with Gasteiger partial charge in [-0.1, -0.05) is 38.5 Å². The maximum atomic E-state index is 12.5. The van der Waals surface area contributed by atoms with E-state index in [1.807, 2.05) is 0 Å². The average Bonchev–Trinajstić information content (AvgIpc) is 3.48. The molecular formula is C21H37FN4. The lowest BCUT2D eigenvalue weighted by Crippen LogP contribution is -2.55. The summed E-state index contributed by atoms with van der Waals surface area (Å²) in [4.78, 5) is 5.04. The Bertz CT molecular complexity index is 496. The molecule has 1 saturated heterocycles. The SMILES string of the molecule is CCCC(/C=C\CCCN1CCN(/C(=N\N)C2CC2)C(CC)C1)=C/CF. The predicted octanol–water partition coefficient (Wildman–Crippen LogP) is 4.10. The van der Waals surface area contributed by atoms with Gasteiger partial charge < -0.3 is 10.7 Å². The molecule has 1 aliphatic heterocycles. The van der Waals surface area contributed by atoms with Crippen molar-refractivity contribution in [3.05, 3.63) is 23.8 Å². The van der Waals surface area contributed by atoms with Crippen LogP contribution in [0.15, 0.2) is 28.9 Å². The highest BCUT2D eigenvalue weighted by Crippen LogP contribution is 2.33. The first-order valence-electron chi connectivity index (χ1n) is 10.4. The van der Waals surface area contributed by atoms with Gasteiger partial charge in [0, 0.05) is 31.6 Å². The minimum absolute atomic E-state index is 0.364. The van der Waals surface area contributed by atoms with Crippen molar-refractivity contribution in [2.45, 2.75) is 64.8 Å². The lowest BCUT2D eigenvalue weighted by molar-refractivity contribution is 0.121. The standard InChI is InChI=1S/C21H37FN4/c1-3-8-18(12-13-22)9-6-5-7-14-25-15-16-26(20(4-2)17-25)21(24-23)19-10-11-19/h6,9,12,19-20H,3-5,7-8,10-11,13-17,23H2,1-2H3/b9-6-,18-12-,24-21-. The van der Waals surface area contributed by atoms with Crippen molar-refractivity contribution >= 4 is 5.84 Å². The lowest BCUT2D eigenvalue weighted by atomic mass is 10.1. The molecular weight excluding hydrogens is 327 g/mol.